The molecule has 4 heteroatoms. The summed E-state index contributed by atoms with van der Waals surface area (Å²) in [5.41, 5.74) is 1.16. The van der Waals surface area contributed by atoms with E-state index >= 15 is 0 Å². The third kappa shape index (κ3) is 4.38. The summed E-state index contributed by atoms with van der Waals surface area (Å²) in [4.78, 5) is 14.7. The normalized spacial score (nSPS) is 10.0. The van der Waals surface area contributed by atoms with Crippen LogP contribution >= 0.6 is 0 Å². The molecule has 0 bridgehead atoms. The molecule has 82 valence electrons. The first kappa shape index (κ1) is 11.9. The Balaban J connectivity index is 2.44. The lowest BCUT2D eigenvalue weighted by Crippen LogP contribution is -2.20. The second-order valence-corrected chi connectivity index (χ2v) is 3.23. The van der Waals surface area contributed by atoms with Gasteiger partial charge in [-0.2, -0.15) is 5.26 Å². The zero-order chi connectivity index (χ0) is 11.8. The van der Waals surface area contributed by atoms with Crippen LogP contribution in [0.4, 0.5) is 0 Å². The van der Waals surface area contributed by atoms with Crippen molar-refractivity contribution in [1.82, 2.24) is 10.3 Å². The van der Waals surface area contributed by atoms with Crippen LogP contribution in [-0.4, -0.2) is 17.4 Å². The van der Waals surface area contributed by atoms with E-state index in [1.54, 1.807) is 12.1 Å². The molecule has 0 spiro atoms. The molecule has 0 radical (unpaired) electrons. The predicted molar refractivity (Wildman–Crippen MR) is 61.3 cm³/mol. The summed E-state index contributed by atoms with van der Waals surface area (Å²) in [6, 6.07) is 7.26. The Kier molecular flexibility index (Phi) is 4.74. The fourth-order valence-electron chi connectivity index (χ4n) is 1.14. The Morgan fingerprint density at radius 3 is 3.12 bits per heavy atom. The number of carbonyl (C=O) groups is 1. The second kappa shape index (κ2) is 6.36. The average Bonchev–Trinajstić information content (AvgIpc) is 2.28. The molecule has 0 atom stereocenters. The molecule has 1 rings (SSSR count). The molecule has 0 aromatic carbocycles. The number of pyridine rings is 1. The molecular formula is C12H13N3O. The largest absolute Gasteiger partial charge is 0.356 e. The van der Waals surface area contributed by atoms with E-state index in [1.165, 1.54) is 6.92 Å². The Morgan fingerprint density at radius 1 is 1.62 bits per heavy atom. The highest BCUT2D eigenvalue weighted by Gasteiger charge is 1.92. The Labute approximate surface area is 94.6 Å². The zero-order valence-corrected chi connectivity index (χ0v) is 9.10. The smallest absolute Gasteiger partial charge is 0.216 e. The first-order valence-corrected chi connectivity index (χ1v) is 5.00. The molecule has 0 aliphatic heterocycles. The first-order chi connectivity index (χ1) is 7.72. The fraction of sp³-hybridized carbons (Fsp3) is 0.250. The molecule has 0 aliphatic carbocycles. The van der Waals surface area contributed by atoms with Gasteiger partial charge in [-0.25, -0.2) is 4.98 Å². The fourth-order valence-corrected chi connectivity index (χ4v) is 1.14. The molecule has 0 unspecified atom stereocenters. The van der Waals surface area contributed by atoms with Crippen LogP contribution in [-0.2, 0) is 4.79 Å². The van der Waals surface area contributed by atoms with Crippen LogP contribution in [0, 0.1) is 11.3 Å². The van der Waals surface area contributed by atoms with Gasteiger partial charge in [-0.15, -0.1) is 0 Å². The van der Waals surface area contributed by atoms with Gasteiger partial charge in [-0.3, -0.25) is 4.79 Å². The van der Waals surface area contributed by atoms with E-state index in [1.807, 2.05) is 24.3 Å². The van der Waals surface area contributed by atoms with E-state index < -0.39 is 0 Å². The van der Waals surface area contributed by atoms with Crippen LogP contribution < -0.4 is 5.32 Å². The molecule has 4 nitrogen and oxygen atoms in total. The van der Waals surface area contributed by atoms with Gasteiger partial charge in [0.25, 0.3) is 0 Å². The van der Waals surface area contributed by atoms with E-state index in [9.17, 15) is 4.79 Å². The first-order valence-electron chi connectivity index (χ1n) is 5.00. The molecule has 1 heterocycles. The number of carbonyl (C=O) groups excluding carboxylic acids is 1. The van der Waals surface area contributed by atoms with Crippen molar-refractivity contribution in [1.29, 1.82) is 5.26 Å². The topological polar surface area (TPSA) is 65.8 Å². The van der Waals surface area contributed by atoms with Gasteiger partial charge in [0, 0.05) is 13.5 Å². The van der Waals surface area contributed by atoms with Crippen molar-refractivity contribution in [2.24, 2.45) is 0 Å². The van der Waals surface area contributed by atoms with Gasteiger partial charge in [0.1, 0.15) is 11.8 Å². The SMILES string of the molecule is CC(=O)NCCC=Cc1cccc(C#N)n1. The standard InChI is InChI=1S/C12H13N3O/c1-10(16)14-8-3-2-5-11-6-4-7-12(9-13)15-11/h2,4-7H,3,8H2,1H3,(H,14,16). The Hall–Kier alpha value is -2.15. The number of rotatable bonds is 4. The van der Waals surface area contributed by atoms with Gasteiger partial charge >= 0.3 is 0 Å². The lowest BCUT2D eigenvalue weighted by atomic mass is 10.2. The van der Waals surface area contributed by atoms with Gasteiger partial charge in [-0.05, 0) is 24.6 Å². The third-order valence-corrected chi connectivity index (χ3v) is 1.86. The number of hydrogen-bond acceptors (Lipinski definition) is 3. The zero-order valence-electron chi connectivity index (χ0n) is 9.10. The van der Waals surface area contributed by atoms with E-state index in [-0.39, 0.29) is 5.91 Å². The van der Waals surface area contributed by atoms with E-state index in [2.05, 4.69) is 10.3 Å². The Morgan fingerprint density at radius 2 is 2.44 bits per heavy atom. The van der Waals surface area contributed by atoms with Crippen LogP contribution in [0.2, 0.25) is 0 Å². The number of nitriles is 1. The minimum atomic E-state index is -0.0296. The van der Waals surface area contributed by atoms with Crippen molar-refractivity contribution in [3.05, 3.63) is 35.7 Å². The highest BCUT2D eigenvalue weighted by atomic mass is 16.1. The summed E-state index contributed by atoms with van der Waals surface area (Å²) >= 11 is 0. The van der Waals surface area contributed by atoms with Crippen molar-refractivity contribution in [3.63, 3.8) is 0 Å². The summed E-state index contributed by atoms with van der Waals surface area (Å²) in [6.07, 6.45) is 4.50. The van der Waals surface area contributed by atoms with Gasteiger partial charge in [0.15, 0.2) is 0 Å². The molecule has 0 aliphatic rings. The highest BCUT2D eigenvalue weighted by Crippen LogP contribution is 2.01. The molecule has 0 fully saturated rings. The number of nitrogens with zero attached hydrogens (tertiary/aromatic N) is 2. The summed E-state index contributed by atoms with van der Waals surface area (Å²) in [6.45, 7) is 2.10. The lowest BCUT2D eigenvalue weighted by Gasteiger charge is -1.97. The quantitative estimate of drug-likeness (QED) is 0.774. The number of hydrogen-bond donors (Lipinski definition) is 1. The van der Waals surface area contributed by atoms with Crippen molar-refractivity contribution in [3.8, 4) is 6.07 Å². The van der Waals surface area contributed by atoms with Crippen LogP contribution in [0.3, 0.4) is 0 Å². The summed E-state index contributed by atoms with van der Waals surface area (Å²) in [7, 11) is 0. The predicted octanol–water partition coefficient (Wildman–Crippen LogP) is 1.49. The van der Waals surface area contributed by atoms with Crippen molar-refractivity contribution < 1.29 is 4.79 Å². The maximum Gasteiger partial charge on any atom is 0.216 e. The van der Waals surface area contributed by atoms with Crippen molar-refractivity contribution in [2.45, 2.75) is 13.3 Å². The molecule has 1 amide bonds. The summed E-state index contributed by atoms with van der Waals surface area (Å²) in [5.74, 6) is -0.0296. The monoisotopic (exact) mass is 215 g/mol. The van der Waals surface area contributed by atoms with Gasteiger partial charge in [-0.1, -0.05) is 12.1 Å². The second-order valence-electron chi connectivity index (χ2n) is 3.23. The number of aromatic nitrogens is 1. The summed E-state index contributed by atoms with van der Waals surface area (Å²) in [5, 5.41) is 11.3. The lowest BCUT2D eigenvalue weighted by molar-refractivity contribution is -0.118. The van der Waals surface area contributed by atoms with Crippen LogP contribution in [0.5, 0.6) is 0 Å². The number of nitrogens with one attached hydrogen (secondary N) is 1. The molecular weight excluding hydrogens is 202 g/mol. The molecule has 0 saturated heterocycles. The van der Waals surface area contributed by atoms with Gasteiger partial charge in [0.2, 0.25) is 5.91 Å². The molecule has 16 heavy (non-hydrogen) atoms. The maximum absolute atomic E-state index is 10.6. The molecule has 1 aromatic rings. The van der Waals surface area contributed by atoms with Crippen molar-refractivity contribution >= 4 is 12.0 Å². The third-order valence-electron chi connectivity index (χ3n) is 1.86. The maximum atomic E-state index is 10.6. The number of amides is 1. The molecule has 0 saturated carbocycles. The molecule has 1 aromatic heterocycles. The molecule has 1 N–H and O–H groups in total. The van der Waals surface area contributed by atoms with E-state index in [4.69, 9.17) is 5.26 Å². The Bertz CT molecular complexity index is 432. The minimum Gasteiger partial charge on any atom is -0.356 e. The summed E-state index contributed by atoms with van der Waals surface area (Å²) < 4.78 is 0. The van der Waals surface area contributed by atoms with E-state index in [0.717, 1.165) is 12.1 Å². The van der Waals surface area contributed by atoms with Gasteiger partial charge < -0.3 is 5.32 Å². The van der Waals surface area contributed by atoms with Crippen LogP contribution in [0.1, 0.15) is 24.7 Å². The minimum absolute atomic E-state index is 0.0296. The van der Waals surface area contributed by atoms with E-state index in [0.29, 0.717) is 12.2 Å². The van der Waals surface area contributed by atoms with Crippen LogP contribution in [0.15, 0.2) is 24.3 Å². The highest BCUT2D eigenvalue weighted by molar-refractivity contribution is 5.72. The van der Waals surface area contributed by atoms with Gasteiger partial charge in [0.05, 0.1) is 5.69 Å². The van der Waals surface area contributed by atoms with Crippen LogP contribution in [0.25, 0.3) is 6.08 Å². The average molecular weight is 215 g/mol. The van der Waals surface area contributed by atoms with Crippen molar-refractivity contribution in [2.75, 3.05) is 6.54 Å².